The predicted octanol–water partition coefficient (Wildman–Crippen LogP) is 5.15. The number of halogens is 1. The Balaban J connectivity index is 1.86. The van der Waals surface area contributed by atoms with Gasteiger partial charge in [0.25, 0.3) is 5.91 Å². The molecule has 0 aliphatic heterocycles. The average molecular weight is 429 g/mol. The summed E-state index contributed by atoms with van der Waals surface area (Å²) in [4.78, 5) is 17.3. The van der Waals surface area contributed by atoms with Crippen molar-refractivity contribution in [2.24, 2.45) is 0 Å². The summed E-state index contributed by atoms with van der Waals surface area (Å²) in [6, 6.07) is 15.3. The molecule has 1 N–H and O–H groups in total. The molecule has 1 amide bonds. The quantitative estimate of drug-likeness (QED) is 0.589. The molecule has 150 valence electrons. The summed E-state index contributed by atoms with van der Waals surface area (Å²) in [7, 11) is -3.33. The van der Waals surface area contributed by atoms with Crippen molar-refractivity contribution < 1.29 is 13.2 Å². The zero-order valence-electron chi connectivity index (χ0n) is 16.1. The Bertz CT molecular complexity index is 1150. The van der Waals surface area contributed by atoms with Crippen molar-refractivity contribution in [3.63, 3.8) is 0 Å². The van der Waals surface area contributed by atoms with Gasteiger partial charge in [-0.05, 0) is 67.4 Å². The number of amides is 1. The number of nitrogens with one attached hydrogen (secondary N) is 1. The Kier molecular flexibility index (Phi) is 6.35. The Morgan fingerprint density at radius 1 is 1.10 bits per heavy atom. The lowest BCUT2D eigenvalue weighted by atomic mass is 10.1. The Hall–Kier alpha value is -2.70. The molecule has 0 aliphatic rings. The van der Waals surface area contributed by atoms with E-state index in [1.54, 1.807) is 43.5 Å². The largest absolute Gasteiger partial charge is 0.322 e. The molecule has 29 heavy (non-hydrogen) atoms. The van der Waals surface area contributed by atoms with Crippen LogP contribution in [0.5, 0.6) is 0 Å². The number of sulfone groups is 1. The van der Waals surface area contributed by atoms with Crippen molar-refractivity contribution in [1.29, 1.82) is 0 Å². The van der Waals surface area contributed by atoms with Gasteiger partial charge >= 0.3 is 0 Å². The molecule has 2 aromatic carbocycles. The second-order valence-electron chi connectivity index (χ2n) is 6.66. The number of hydrogen-bond acceptors (Lipinski definition) is 4. The average Bonchev–Trinajstić information content (AvgIpc) is 2.70. The van der Waals surface area contributed by atoms with Crippen LogP contribution in [0.3, 0.4) is 0 Å². The highest BCUT2D eigenvalue weighted by molar-refractivity contribution is 7.91. The summed E-state index contributed by atoms with van der Waals surface area (Å²) < 4.78 is 24.5. The summed E-state index contributed by atoms with van der Waals surface area (Å²) in [5, 5.41) is 3.38. The number of rotatable bonds is 6. The highest BCUT2D eigenvalue weighted by Crippen LogP contribution is 2.29. The van der Waals surface area contributed by atoms with E-state index in [2.05, 4.69) is 10.3 Å². The van der Waals surface area contributed by atoms with E-state index in [9.17, 15) is 13.2 Å². The standard InChI is InChI=1S/C22H21ClN2O3S/c1-3-12-29(27,28)17-8-9-18(15(2)13-17)22(26)25-16-7-10-20(23)19(14-16)21-6-4-5-11-24-21/h4-11,13-14H,3,12H2,1-2H3,(H,25,26). The normalized spacial score (nSPS) is 11.3. The fraction of sp³-hybridized carbons (Fsp3) is 0.182. The lowest BCUT2D eigenvalue weighted by Gasteiger charge is -2.11. The first kappa shape index (κ1) is 21.0. The van der Waals surface area contributed by atoms with E-state index >= 15 is 0 Å². The van der Waals surface area contributed by atoms with E-state index in [4.69, 9.17) is 11.6 Å². The van der Waals surface area contributed by atoms with E-state index in [1.165, 1.54) is 6.07 Å². The van der Waals surface area contributed by atoms with E-state index in [0.29, 0.717) is 39.5 Å². The van der Waals surface area contributed by atoms with Gasteiger partial charge in [-0.25, -0.2) is 8.42 Å². The number of anilines is 1. The van der Waals surface area contributed by atoms with Crippen LogP contribution in [0.15, 0.2) is 65.7 Å². The lowest BCUT2D eigenvalue weighted by molar-refractivity contribution is 0.102. The number of hydrogen-bond donors (Lipinski definition) is 1. The zero-order valence-corrected chi connectivity index (χ0v) is 17.7. The first-order chi connectivity index (χ1) is 13.8. The van der Waals surface area contributed by atoms with Crippen LogP contribution in [-0.2, 0) is 9.84 Å². The van der Waals surface area contributed by atoms with E-state index < -0.39 is 9.84 Å². The number of benzene rings is 2. The van der Waals surface area contributed by atoms with Gasteiger partial charge in [-0.1, -0.05) is 24.6 Å². The molecule has 0 unspecified atom stereocenters. The van der Waals surface area contributed by atoms with Gasteiger partial charge < -0.3 is 5.32 Å². The Morgan fingerprint density at radius 3 is 2.55 bits per heavy atom. The second-order valence-corrected chi connectivity index (χ2v) is 9.18. The zero-order chi connectivity index (χ0) is 21.0. The number of pyridine rings is 1. The number of aromatic nitrogens is 1. The molecule has 0 fully saturated rings. The van der Waals surface area contributed by atoms with Crippen molar-refractivity contribution in [3.8, 4) is 11.3 Å². The van der Waals surface area contributed by atoms with E-state index in [0.717, 1.165) is 0 Å². The van der Waals surface area contributed by atoms with Crippen molar-refractivity contribution in [3.05, 3.63) is 76.9 Å². The number of nitrogens with zero attached hydrogens (tertiary/aromatic N) is 1. The molecular formula is C22H21ClN2O3S. The van der Waals surface area contributed by atoms with Crippen molar-refractivity contribution >= 4 is 33.0 Å². The van der Waals surface area contributed by atoms with Gasteiger partial charge in [-0.15, -0.1) is 0 Å². The molecule has 1 heterocycles. The number of carbonyl (C=O) groups is 1. The molecule has 5 nitrogen and oxygen atoms in total. The van der Waals surface area contributed by atoms with Gasteiger partial charge in [-0.3, -0.25) is 9.78 Å². The third-order valence-electron chi connectivity index (χ3n) is 4.44. The van der Waals surface area contributed by atoms with Crippen LogP contribution in [0.25, 0.3) is 11.3 Å². The van der Waals surface area contributed by atoms with Crippen molar-refractivity contribution in [1.82, 2.24) is 4.98 Å². The van der Waals surface area contributed by atoms with Gasteiger partial charge in [0.05, 0.1) is 21.4 Å². The Labute approximate surface area is 175 Å². The fourth-order valence-electron chi connectivity index (χ4n) is 2.99. The van der Waals surface area contributed by atoms with Crippen LogP contribution in [0.1, 0.15) is 29.3 Å². The molecule has 0 aliphatic carbocycles. The van der Waals surface area contributed by atoms with E-state index in [1.807, 2.05) is 25.1 Å². The van der Waals surface area contributed by atoms with E-state index in [-0.39, 0.29) is 16.6 Å². The summed E-state index contributed by atoms with van der Waals surface area (Å²) >= 11 is 6.29. The Morgan fingerprint density at radius 2 is 1.90 bits per heavy atom. The highest BCUT2D eigenvalue weighted by atomic mass is 35.5. The third kappa shape index (κ3) is 4.83. The maximum atomic E-state index is 12.7. The van der Waals surface area contributed by atoms with Gasteiger partial charge in [-0.2, -0.15) is 0 Å². The van der Waals surface area contributed by atoms with Gasteiger partial charge in [0.2, 0.25) is 0 Å². The second kappa shape index (κ2) is 8.76. The minimum absolute atomic E-state index is 0.0824. The fourth-order valence-corrected chi connectivity index (χ4v) is 4.61. The number of aryl methyl sites for hydroxylation is 1. The third-order valence-corrected chi connectivity index (χ3v) is 6.69. The summed E-state index contributed by atoms with van der Waals surface area (Å²) in [5.41, 5.74) is 2.99. The first-order valence-electron chi connectivity index (χ1n) is 9.17. The molecule has 0 bridgehead atoms. The number of carbonyl (C=O) groups excluding carboxylic acids is 1. The molecule has 0 saturated carbocycles. The minimum Gasteiger partial charge on any atom is -0.322 e. The SMILES string of the molecule is CCCS(=O)(=O)c1ccc(C(=O)Nc2ccc(Cl)c(-c3ccccn3)c2)c(C)c1. The van der Waals surface area contributed by atoms with Crippen LogP contribution < -0.4 is 5.32 Å². The molecule has 3 rings (SSSR count). The molecule has 0 atom stereocenters. The van der Waals surface area contributed by atoms with Crippen molar-refractivity contribution in [2.45, 2.75) is 25.2 Å². The topological polar surface area (TPSA) is 76.1 Å². The monoisotopic (exact) mass is 428 g/mol. The molecule has 0 spiro atoms. The van der Waals surface area contributed by atoms with Gasteiger partial charge in [0, 0.05) is 23.0 Å². The molecule has 0 radical (unpaired) electrons. The van der Waals surface area contributed by atoms with Gasteiger partial charge in [0.1, 0.15) is 0 Å². The summed E-state index contributed by atoms with van der Waals surface area (Å²) in [6.45, 7) is 3.54. The van der Waals surface area contributed by atoms with Crippen LogP contribution in [0.4, 0.5) is 5.69 Å². The molecule has 1 aromatic heterocycles. The van der Waals surface area contributed by atoms with Crippen LogP contribution >= 0.6 is 11.6 Å². The highest BCUT2D eigenvalue weighted by Gasteiger charge is 2.17. The van der Waals surface area contributed by atoms with Crippen LogP contribution in [0, 0.1) is 6.92 Å². The molecule has 3 aromatic rings. The van der Waals surface area contributed by atoms with Crippen LogP contribution in [-0.4, -0.2) is 25.1 Å². The van der Waals surface area contributed by atoms with Crippen molar-refractivity contribution in [2.75, 3.05) is 11.1 Å². The summed E-state index contributed by atoms with van der Waals surface area (Å²) in [5.74, 6) is -0.241. The van der Waals surface area contributed by atoms with Gasteiger partial charge in [0.15, 0.2) is 9.84 Å². The van der Waals surface area contributed by atoms with Crippen LogP contribution in [0.2, 0.25) is 5.02 Å². The molecule has 7 heteroatoms. The lowest BCUT2D eigenvalue weighted by Crippen LogP contribution is -2.14. The summed E-state index contributed by atoms with van der Waals surface area (Å²) in [6.07, 6.45) is 2.22. The minimum atomic E-state index is -3.33. The predicted molar refractivity (Wildman–Crippen MR) is 116 cm³/mol. The maximum Gasteiger partial charge on any atom is 0.255 e. The smallest absolute Gasteiger partial charge is 0.255 e. The maximum absolute atomic E-state index is 12.7. The molecular weight excluding hydrogens is 408 g/mol. The first-order valence-corrected chi connectivity index (χ1v) is 11.2. The molecule has 0 saturated heterocycles.